The molecule has 0 aliphatic carbocycles. The van der Waals surface area contributed by atoms with Crippen molar-refractivity contribution < 1.29 is 15.0 Å². The first-order valence-corrected chi connectivity index (χ1v) is 6.36. The Balaban J connectivity index is 2.13. The number of carbonyl (C=O) groups is 1. The number of hydrogen-bond donors (Lipinski definition) is 3. The average Bonchev–Trinajstić information content (AvgIpc) is 2.47. The number of aliphatic hydroxyl groups is 2. The molecule has 0 aliphatic heterocycles. The lowest BCUT2D eigenvalue weighted by molar-refractivity contribution is -0.114. The second-order valence-electron chi connectivity index (χ2n) is 4.60. The van der Waals surface area contributed by atoms with Gasteiger partial charge in [0.1, 0.15) is 12.2 Å². The Labute approximate surface area is 117 Å². The van der Waals surface area contributed by atoms with Crippen molar-refractivity contribution in [2.75, 3.05) is 5.32 Å². The van der Waals surface area contributed by atoms with Gasteiger partial charge >= 0.3 is 0 Å². The van der Waals surface area contributed by atoms with E-state index in [0.717, 1.165) is 0 Å². The quantitative estimate of drug-likeness (QED) is 0.799. The van der Waals surface area contributed by atoms with Crippen LogP contribution in [0.3, 0.4) is 0 Å². The molecule has 0 saturated heterocycles. The van der Waals surface area contributed by atoms with Gasteiger partial charge in [-0.15, -0.1) is 0 Å². The van der Waals surface area contributed by atoms with Crippen LogP contribution in [0.2, 0.25) is 0 Å². The summed E-state index contributed by atoms with van der Waals surface area (Å²) >= 11 is 0. The Morgan fingerprint density at radius 2 is 1.40 bits per heavy atom. The molecule has 2 aromatic carbocycles. The van der Waals surface area contributed by atoms with Crippen LogP contribution in [-0.4, -0.2) is 16.1 Å². The summed E-state index contributed by atoms with van der Waals surface area (Å²) in [5, 5.41) is 23.0. The molecular formula is C16H17NO3. The number of rotatable bonds is 4. The topological polar surface area (TPSA) is 69.6 Å². The smallest absolute Gasteiger partial charge is 0.221 e. The number of carbonyl (C=O) groups excluding carboxylic acids is 1. The van der Waals surface area contributed by atoms with Gasteiger partial charge in [-0.25, -0.2) is 0 Å². The summed E-state index contributed by atoms with van der Waals surface area (Å²) in [4.78, 5) is 10.9. The van der Waals surface area contributed by atoms with Crippen LogP contribution in [0.15, 0.2) is 54.6 Å². The van der Waals surface area contributed by atoms with Gasteiger partial charge in [-0.2, -0.15) is 0 Å². The number of nitrogens with one attached hydrogen (secondary N) is 1. The van der Waals surface area contributed by atoms with Crippen molar-refractivity contribution in [2.45, 2.75) is 19.1 Å². The fraction of sp³-hybridized carbons (Fsp3) is 0.188. The fourth-order valence-corrected chi connectivity index (χ4v) is 1.98. The first-order chi connectivity index (χ1) is 9.58. The lowest BCUT2D eigenvalue weighted by Gasteiger charge is -2.18. The van der Waals surface area contributed by atoms with Crippen LogP contribution in [0.1, 0.15) is 30.3 Å². The molecule has 104 valence electrons. The minimum absolute atomic E-state index is 0.150. The van der Waals surface area contributed by atoms with Crippen molar-refractivity contribution in [3.63, 3.8) is 0 Å². The average molecular weight is 271 g/mol. The summed E-state index contributed by atoms with van der Waals surface area (Å²) < 4.78 is 0. The molecule has 3 N–H and O–H groups in total. The third-order valence-corrected chi connectivity index (χ3v) is 3.01. The Hall–Kier alpha value is -2.17. The SMILES string of the molecule is CC(=O)Nc1ccc([C@@H](O)[C@@H](O)c2ccccc2)cc1. The first kappa shape index (κ1) is 14.2. The number of hydrogen-bond acceptors (Lipinski definition) is 3. The zero-order valence-corrected chi connectivity index (χ0v) is 11.2. The monoisotopic (exact) mass is 271 g/mol. The van der Waals surface area contributed by atoms with E-state index in [2.05, 4.69) is 5.32 Å². The summed E-state index contributed by atoms with van der Waals surface area (Å²) in [5.41, 5.74) is 1.91. The predicted octanol–water partition coefficient (Wildman–Crippen LogP) is 2.41. The summed E-state index contributed by atoms with van der Waals surface area (Å²) in [6.45, 7) is 1.43. The molecule has 0 unspecified atom stereocenters. The van der Waals surface area contributed by atoms with Crippen LogP contribution >= 0.6 is 0 Å². The standard InChI is InChI=1S/C16H17NO3/c1-11(18)17-14-9-7-13(8-10-14)16(20)15(19)12-5-3-2-4-6-12/h2-10,15-16,19-20H,1H3,(H,17,18)/t15-,16+/m0/s1. The van der Waals surface area contributed by atoms with Crippen molar-refractivity contribution in [3.05, 3.63) is 65.7 Å². The first-order valence-electron chi connectivity index (χ1n) is 6.36. The molecule has 0 bridgehead atoms. The molecule has 4 heteroatoms. The summed E-state index contributed by atoms with van der Waals surface area (Å²) in [6.07, 6.45) is -1.99. The van der Waals surface area contributed by atoms with Crippen molar-refractivity contribution >= 4 is 11.6 Å². The molecule has 2 atom stereocenters. The number of aliphatic hydroxyl groups excluding tert-OH is 2. The van der Waals surface area contributed by atoms with E-state index in [4.69, 9.17) is 0 Å². The molecule has 1 amide bonds. The van der Waals surface area contributed by atoms with Gasteiger partial charge in [0.05, 0.1) is 0 Å². The van der Waals surface area contributed by atoms with Gasteiger partial charge in [0.15, 0.2) is 0 Å². The highest BCUT2D eigenvalue weighted by atomic mass is 16.3. The normalized spacial score (nSPS) is 13.6. The maximum atomic E-state index is 10.9. The maximum absolute atomic E-state index is 10.9. The third kappa shape index (κ3) is 3.44. The summed E-state index contributed by atoms with van der Waals surface area (Å²) in [6, 6.07) is 15.7. The van der Waals surface area contributed by atoms with E-state index < -0.39 is 12.2 Å². The van der Waals surface area contributed by atoms with Gasteiger partial charge in [-0.1, -0.05) is 42.5 Å². The molecule has 0 aliphatic rings. The number of anilines is 1. The molecule has 0 aromatic heterocycles. The predicted molar refractivity (Wildman–Crippen MR) is 77.1 cm³/mol. The lowest BCUT2D eigenvalue weighted by Crippen LogP contribution is -2.11. The molecule has 2 rings (SSSR count). The molecule has 0 spiro atoms. The second kappa shape index (κ2) is 6.32. The summed E-state index contributed by atoms with van der Waals surface area (Å²) in [5.74, 6) is -0.150. The van der Waals surface area contributed by atoms with Gasteiger partial charge in [-0.3, -0.25) is 4.79 Å². The van der Waals surface area contributed by atoms with Gasteiger partial charge in [0.25, 0.3) is 0 Å². The number of amides is 1. The van der Waals surface area contributed by atoms with Crippen molar-refractivity contribution in [2.24, 2.45) is 0 Å². The zero-order chi connectivity index (χ0) is 14.5. The fourth-order valence-electron chi connectivity index (χ4n) is 1.98. The molecule has 0 saturated carbocycles. The van der Waals surface area contributed by atoms with Gasteiger partial charge in [-0.05, 0) is 23.3 Å². The molecule has 4 nitrogen and oxygen atoms in total. The Kier molecular flexibility index (Phi) is 4.50. The second-order valence-corrected chi connectivity index (χ2v) is 4.60. The Morgan fingerprint density at radius 3 is 1.90 bits per heavy atom. The van der Waals surface area contributed by atoms with Crippen LogP contribution in [0.25, 0.3) is 0 Å². The number of benzene rings is 2. The molecule has 0 heterocycles. The van der Waals surface area contributed by atoms with E-state index in [-0.39, 0.29) is 5.91 Å². The minimum Gasteiger partial charge on any atom is -0.385 e. The van der Waals surface area contributed by atoms with Crippen LogP contribution < -0.4 is 5.32 Å². The van der Waals surface area contributed by atoms with Crippen molar-refractivity contribution in [1.29, 1.82) is 0 Å². The third-order valence-electron chi connectivity index (χ3n) is 3.01. The van der Waals surface area contributed by atoms with Gasteiger partial charge in [0.2, 0.25) is 5.91 Å². The highest BCUT2D eigenvalue weighted by Crippen LogP contribution is 2.29. The maximum Gasteiger partial charge on any atom is 0.221 e. The Morgan fingerprint density at radius 1 is 0.900 bits per heavy atom. The molecule has 0 radical (unpaired) electrons. The van der Waals surface area contributed by atoms with Crippen LogP contribution in [0.4, 0.5) is 5.69 Å². The van der Waals surface area contributed by atoms with Crippen molar-refractivity contribution in [3.8, 4) is 0 Å². The highest BCUT2D eigenvalue weighted by Gasteiger charge is 2.19. The van der Waals surface area contributed by atoms with E-state index in [1.165, 1.54) is 6.92 Å². The minimum atomic E-state index is -1.01. The zero-order valence-electron chi connectivity index (χ0n) is 11.2. The largest absolute Gasteiger partial charge is 0.385 e. The van der Waals surface area contributed by atoms with Crippen molar-refractivity contribution in [1.82, 2.24) is 0 Å². The molecule has 2 aromatic rings. The van der Waals surface area contributed by atoms with E-state index in [1.807, 2.05) is 18.2 Å². The lowest BCUT2D eigenvalue weighted by atomic mass is 9.98. The van der Waals surface area contributed by atoms with E-state index >= 15 is 0 Å². The molecule has 20 heavy (non-hydrogen) atoms. The van der Waals surface area contributed by atoms with E-state index in [1.54, 1.807) is 36.4 Å². The van der Waals surface area contributed by atoms with Crippen LogP contribution in [0.5, 0.6) is 0 Å². The highest BCUT2D eigenvalue weighted by molar-refractivity contribution is 5.88. The Bertz CT molecular complexity index is 566. The van der Waals surface area contributed by atoms with E-state index in [0.29, 0.717) is 16.8 Å². The molecule has 0 fully saturated rings. The van der Waals surface area contributed by atoms with Gasteiger partial charge in [0, 0.05) is 12.6 Å². The van der Waals surface area contributed by atoms with E-state index in [9.17, 15) is 15.0 Å². The van der Waals surface area contributed by atoms with Crippen LogP contribution in [0, 0.1) is 0 Å². The molecular weight excluding hydrogens is 254 g/mol. The van der Waals surface area contributed by atoms with Gasteiger partial charge < -0.3 is 15.5 Å². The summed E-state index contributed by atoms with van der Waals surface area (Å²) in [7, 11) is 0. The van der Waals surface area contributed by atoms with Crippen LogP contribution in [-0.2, 0) is 4.79 Å².